The number of benzene rings is 2. The molecule has 2 aromatic rings. The lowest BCUT2D eigenvalue weighted by Crippen LogP contribution is -2.16. The third-order valence-corrected chi connectivity index (χ3v) is 4.01. The van der Waals surface area contributed by atoms with Crippen molar-refractivity contribution in [1.82, 2.24) is 0 Å². The number of aliphatic carboxylic acids is 1. The van der Waals surface area contributed by atoms with Gasteiger partial charge in [0.05, 0.1) is 34.4 Å². The van der Waals surface area contributed by atoms with Gasteiger partial charge in [0.25, 0.3) is 0 Å². The van der Waals surface area contributed by atoms with E-state index >= 15 is 0 Å². The Morgan fingerprint density at radius 2 is 1.52 bits per heavy atom. The van der Waals surface area contributed by atoms with E-state index in [0.717, 1.165) is 11.3 Å². The minimum absolute atomic E-state index is 0.311. The number of carbonyl (C=O) groups is 1. The molecule has 2 rings (SSSR count). The van der Waals surface area contributed by atoms with E-state index in [-0.39, 0.29) is 0 Å². The Bertz CT molecular complexity index is 723. The normalized spacial score (nSPS) is 11.5. The lowest BCUT2D eigenvalue weighted by molar-refractivity contribution is -0.138. The molecule has 0 aromatic heterocycles. The molecule has 0 aliphatic heterocycles. The first-order valence-corrected chi connectivity index (χ1v) is 7.70. The van der Waals surface area contributed by atoms with E-state index in [2.05, 4.69) is 0 Å². The molecule has 1 atom stereocenters. The predicted octanol–water partition coefficient (Wildman–Crippen LogP) is 3.13. The number of ether oxygens (including phenoxy) is 4. The molecule has 0 aliphatic carbocycles. The molecule has 0 radical (unpaired) electrons. The van der Waals surface area contributed by atoms with Crippen molar-refractivity contribution in [2.45, 2.75) is 12.3 Å². The van der Waals surface area contributed by atoms with E-state index in [4.69, 9.17) is 18.9 Å². The summed E-state index contributed by atoms with van der Waals surface area (Å²) in [6.07, 6.45) is 0.311. The Labute approximate surface area is 146 Å². The van der Waals surface area contributed by atoms with Gasteiger partial charge in [-0.05, 0) is 30.2 Å². The van der Waals surface area contributed by atoms with E-state index in [1.807, 2.05) is 12.1 Å². The van der Waals surface area contributed by atoms with Gasteiger partial charge in [0.2, 0.25) is 5.75 Å². The number of hydrogen-bond acceptors (Lipinski definition) is 5. The molecule has 0 aliphatic rings. The molecule has 1 N–H and O–H groups in total. The second-order valence-corrected chi connectivity index (χ2v) is 5.37. The van der Waals surface area contributed by atoms with Crippen molar-refractivity contribution >= 4 is 5.97 Å². The smallest absolute Gasteiger partial charge is 0.311 e. The minimum Gasteiger partial charge on any atom is -0.497 e. The first-order valence-electron chi connectivity index (χ1n) is 7.70. The highest BCUT2D eigenvalue weighted by Crippen LogP contribution is 2.43. The molecule has 1 unspecified atom stereocenters. The van der Waals surface area contributed by atoms with Gasteiger partial charge in [-0.1, -0.05) is 18.2 Å². The monoisotopic (exact) mass is 346 g/mol. The fourth-order valence-electron chi connectivity index (χ4n) is 2.73. The van der Waals surface area contributed by atoms with Crippen LogP contribution in [-0.4, -0.2) is 39.5 Å². The Balaban J connectivity index is 2.44. The van der Waals surface area contributed by atoms with Crippen LogP contribution in [0.1, 0.15) is 17.0 Å². The van der Waals surface area contributed by atoms with Gasteiger partial charge in [0, 0.05) is 5.56 Å². The highest BCUT2D eigenvalue weighted by Gasteiger charge is 2.27. The van der Waals surface area contributed by atoms with E-state index in [0.29, 0.717) is 29.2 Å². The van der Waals surface area contributed by atoms with E-state index in [1.54, 1.807) is 31.4 Å². The van der Waals surface area contributed by atoms with E-state index in [9.17, 15) is 9.90 Å². The summed E-state index contributed by atoms with van der Waals surface area (Å²) in [6.45, 7) is 0. The lowest BCUT2D eigenvalue weighted by atomic mass is 9.91. The Morgan fingerprint density at radius 3 is 2.00 bits per heavy atom. The summed E-state index contributed by atoms with van der Waals surface area (Å²) in [4.78, 5) is 11.9. The standard InChI is InChI=1S/C19H22O6/c1-22-13-7-5-12(6-8-13)11-15(19(20)21)14-9-10-16(23-2)18(25-4)17(14)24-3/h5-10,15H,11H2,1-4H3,(H,20,21). The molecule has 0 spiro atoms. The number of carboxylic acids is 1. The Hall–Kier alpha value is -2.89. The predicted molar refractivity (Wildman–Crippen MR) is 93.2 cm³/mol. The van der Waals surface area contributed by atoms with Crippen LogP contribution in [0.3, 0.4) is 0 Å². The zero-order valence-electron chi connectivity index (χ0n) is 14.7. The topological polar surface area (TPSA) is 74.2 Å². The Kier molecular flexibility index (Phi) is 6.11. The molecular weight excluding hydrogens is 324 g/mol. The van der Waals surface area contributed by atoms with Gasteiger partial charge in [-0.3, -0.25) is 4.79 Å². The second kappa shape index (κ2) is 8.28. The van der Waals surface area contributed by atoms with Crippen LogP contribution in [0, 0.1) is 0 Å². The summed E-state index contributed by atoms with van der Waals surface area (Å²) < 4.78 is 21.2. The summed E-state index contributed by atoms with van der Waals surface area (Å²) in [5, 5.41) is 9.75. The van der Waals surface area contributed by atoms with Crippen molar-refractivity contribution in [2.24, 2.45) is 0 Å². The van der Waals surface area contributed by atoms with Gasteiger partial charge in [0.1, 0.15) is 5.75 Å². The second-order valence-electron chi connectivity index (χ2n) is 5.37. The molecule has 134 valence electrons. The highest BCUT2D eigenvalue weighted by atomic mass is 16.5. The fraction of sp³-hybridized carbons (Fsp3) is 0.316. The van der Waals surface area contributed by atoms with Crippen LogP contribution in [0.5, 0.6) is 23.0 Å². The third-order valence-electron chi connectivity index (χ3n) is 4.01. The lowest BCUT2D eigenvalue weighted by Gasteiger charge is -2.20. The molecule has 2 aromatic carbocycles. The van der Waals surface area contributed by atoms with Gasteiger partial charge < -0.3 is 24.1 Å². The summed E-state index contributed by atoms with van der Waals surface area (Å²) >= 11 is 0. The molecule has 0 amide bonds. The van der Waals surface area contributed by atoms with E-state index < -0.39 is 11.9 Å². The average Bonchev–Trinajstić information content (AvgIpc) is 2.65. The molecule has 0 heterocycles. The van der Waals surface area contributed by atoms with Gasteiger partial charge in [-0.25, -0.2) is 0 Å². The van der Waals surface area contributed by atoms with Crippen LogP contribution in [0.15, 0.2) is 36.4 Å². The molecule has 6 nitrogen and oxygen atoms in total. The maximum Gasteiger partial charge on any atom is 0.311 e. The summed E-state index contributed by atoms with van der Waals surface area (Å²) in [7, 11) is 6.07. The first kappa shape index (κ1) is 18.4. The zero-order valence-corrected chi connectivity index (χ0v) is 14.7. The van der Waals surface area contributed by atoms with Gasteiger partial charge >= 0.3 is 5.97 Å². The fourth-order valence-corrected chi connectivity index (χ4v) is 2.73. The van der Waals surface area contributed by atoms with Crippen LogP contribution in [0.4, 0.5) is 0 Å². The van der Waals surface area contributed by atoms with Crippen molar-refractivity contribution < 1.29 is 28.8 Å². The van der Waals surface area contributed by atoms with Crippen LogP contribution in [-0.2, 0) is 11.2 Å². The van der Waals surface area contributed by atoms with Gasteiger partial charge in [0.15, 0.2) is 11.5 Å². The average molecular weight is 346 g/mol. The Morgan fingerprint density at radius 1 is 0.880 bits per heavy atom. The van der Waals surface area contributed by atoms with Crippen LogP contribution in [0.25, 0.3) is 0 Å². The van der Waals surface area contributed by atoms with Crippen molar-refractivity contribution in [3.63, 3.8) is 0 Å². The van der Waals surface area contributed by atoms with Crippen molar-refractivity contribution in [1.29, 1.82) is 0 Å². The van der Waals surface area contributed by atoms with Crippen LogP contribution >= 0.6 is 0 Å². The van der Waals surface area contributed by atoms with Gasteiger partial charge in [-0.15, -0.1) is 0 Å². The summed E-state index contributed by atoms with van der Waals surface area (Å²) in [5.74, 6) is 0.215. The molecule has 25 heavy (non-hydrogen) atoms. The van der Waals surface area contributed by atoms with Crippen LogP contribution < -0.4 is 18.9 Å². The third kappa shape index (κ3) is 3.96. The van der Waals surface area contributed by atoms with Crippen molar-refractivity contribution in [2.75, 3.05) is 28.4 Å². The molecule has 0 bridgehead atoms. The number of hydrogen-bond donors (Lipinski definition) is 1. The van der Waals surface area contributed by atoms with Crippen molar-refractivity contribution in [3.8, 4) is 23.0 Å². The van der Waals surface area contributed by atoms with E-state index in [1.165, 1.54) is 21.3 Å². The molecule has 6 heteroatoms. The number of rotatable bonds is 8. The molecule has 0 saturated heterocycles. The summed E-state index contributed by atoms with van der Waals surface area (Å²) in [5.41, 5.74) is 1.41. The molecule has 0 fully saturated rings. The highest BCUT2D eigenvalue weighted by molar-refractivity contribution is 5.79. The maximum absolute atomic E-state index is 11.9. The van der Waals surface area contributed by atoms with Crippen molar-refractivity contribution in [3.05, 3.63) is 47.5 Å². The zero-order chi connectivity index (χ0) is 18.4. The SMILES string of the molecule is COc1ccc(CC(C(=O)O)c2ccc(OC)c(OC)c2OC)cc1. The quantitative estimate of drug-likeness (QED) is 0.791. The minimum atomic E-state index is -0.943. The number of methoxy groups -OCH3 is 4. The first-order chi connectivity index (χ1) is 12.0. The largest absolute Gasteiger partial charge is 0.497 e. The van der Waals surface area contributed by atoms with Gasteiger partial charge in [-0.2, -0.15) is 0 Å². The molecular formula is C19H22O6. The van der Waals surface area contributed by atoms with Crippen LogP contribution in [0.2, 0.25) is 0 Å². The molecule has 0 saturated carbocycles. The summed E-state index contributed by atoms with van der Waals surface area (Å²) in [6, 6.07) is 10.7. The maximum atomic E-state index is 11.9. The number of carboxylic acid groups (broad SMARTS) is 1.